The Balaban J connectivity index is 1.82. The summed E-state index contributed by atoms with van der Waals surface area (Å²) >= 11 is 0. The quantitative estimate of drug-likeness (QED) is 0.295. The minimum absolute atomic E-state index is 0.119. The molecule has 3 aromatic rings. The van der Waals surface area contributed by atoms with Gasteiger partial charge in [0.25, 0.3) is 11.8 Å². The van der Waals surface area contributed by atoms with Crippen molar-refractivity contribution in [1.29, 1.82) is 0 Å². The second-order valence-electron chi connectivity index (χ2n) is 7.09. The molecule has 0 saturated heterocycles. The Morgan fingerprint density at radius 1 is 0.676 bits per heavy atom. The minimum Gasteiger partial charge on any atom is -0.399 e. The maximum Gasteiger partial charge on any atom is 0.418 e. The zero-order chi connectivity index (χ0) is 25.3. The first-order valence-electron chi connectivity index (χ1n) is 9.42. The largest absolute Gasteiger partial charge is 0.418 e. The molecule has 0 saturated carbocycles. The van der Waals surface area contributed by atoms with Gasteiger partial charge in [0.2, 0.25) is 0 Å². The third-order valence-corrected chi connectivity index (χ3v) is 4.60. The van der Waals surface area contributed by atoms with Gasteiger partial charge in [0.05, 0.1) is 16.8 Å². The van der Waals surface area contributed by atoms with Crippen molar-refractivity contribution in [2.45, 2.75) is 12.4 Å². The van der Waals surface area contributed by atoms with Gasteiger partial charge < -0.3 is 22.1 Å². The number of hydrogen-bond donors (Lipinski definition) is 4. The number of anilines is 4. The summed E-state index contributed by atoms with van der Waals surface area (Å²) in [6.45, 7) is 0. The standard InChI is InChI=1S/C22H16F6N4O2/c23-21(24,25)15-10-14(5-6-17(15)30)31-19(33)11-2-1-3-12(8-11)20(34)32-18-7-4-13(29)9-16(18)22(26,27)28/h1-10H,29-30H2,(H,31,33)(H,32,34). The smallest absolute Gasteiger partial charge is 0.399 e. The molecule has 3 rings (SSSR count). The van der Waals surface area contributed by atoms with Crippen LogP contribution >= 0.6 is 0 Å². The van der Waals surface area contributed by atoms with E-state index in [1.54, 1.807) is 0 Å². The first-order valence-corrected chi connectivity index (χ1v) is 9.42. The molecule has 0 aliphatic rings. The van der Waals surface area contributed by atoms with E-state index in [1.165, 1.54) is 30.3 Å². The predicted octanol–water partition coefficient (Wildman–Crippen LogP) is 5.39. The number of rotatable bonds is 4. The predicted molar refractivity (Wildman–Crippen MR) is 114 cm³/mol. The molecule has 3 aromatic carbocycles. The van der Waals surface area contributed by atoms with Crippen LogP contribution in [0.1, 0.15) is 31.8 Å². The van der Waals surface area contributed by atoms with Gasteiger partial charge in [0.1, 0.15) is 0 Å². The van der Waals surface area contributed by atoms with Crippen LogP contribution < -0.4 is 22.1 Å². The Morgan fingerprint density at radius 2 is 1.26 bits per heavy atom. The Kier molecular flexibility index (Phi) is 6.44. The van der Waals surface area contributed by atoms with Crippen molar-refractivity contribution < 1.29 is 35.9 Å². The molecular formula is C22H16F6N4O2. The van der Waals surface area contributed by atoms with E-state index in [-0.39, 0.29) is 22.5 Å². The summed E-state index contributed by atoms with van der Waals surface area (Å²) in [7, 11) is 0. The summed E-state index contributed by atoms with van der Waals surface area (Å²) in [6, 6.07) is 10.5. The van der Waals surface area contributed by atoms with Gasteiger partial charge in [-0.2, -0.15) is 26.3 Å². The molecule has 178 valence electrons. The van der Waals surface area contributed by atoms with E-state index in [0.29, 0.717) is 12.1 Å². The monoisotopic (exact) mass is 482 g/mol. The zero-order valence-electron chi connectivity index (χ0n) is 17.0. The number of amides is 2. The Hall–Kier alpha value is -4.22. The number of nitrogens with two attached hydrogens (primary N) is 2. The normalized spacial score (nSPS) is 11.7. The molecule has 0 aromatic heterocycles. The third kappa shape index (κ3) is 5.57. The van der Waals surface area contributed by atoms with Gasteiger partial charge >= 0.3 is 12.4 Å². The Bertz CT molecular complexity index is 1250. The van der Waals surface area contributed by atoms with Crippen LogP contribution in [0, 0.1) is 0 Å². The molecule has 2 amide bonds. The fourth-order valence-electron chi connectivity index (χ4n) is 2.98. The molecule has 0 heterocycles. The van der Waals surface area contributed by atoms with Crippen molar-refractivity contribution >= 4 is 34.6 Å². The van der Waals surface area contributed by atoms with Crippen LogP contribution in [0.15, 0.2) is 60.7 Å². The zero-order valence-corrected chi connectivity index (χ0v) is 17.0. The maximum absolute atomic E-state index is 13.2. The molecule has 0 fully saturated rings. The van der Waals surface area contributed by atoms with Crippen LogP contribution in [0.4, 0.5) is 49.1 Å². The van der Waals surface area contributed by atoms with Crippen LogP contribution in [0.25, 0.3) is 0 Å². The lowest BCUT2D eigenvalue weighted by atomic mass is 10.1. The van der Waals surface area contributed by atoms with Crippen LogP contribution in [-0.2, 0) is 12.4 Å². The van der Waals surface area contributed by atoms with Gasteiger partial charge in [-0.1, -0.05) is 6.07 Å². The summed E-state index contributed by atoms with van der Waals surface area (Å²) < 4.78 is 78.8. The second kappa shape index (κ2) is 8.96. The average molecular weight is 482 g/mol. The Labute approximate surface area is 188 Å². The lowest BCUT2D eigenvalue weighted by Crippen LogP contribution is -2.18. The molecule has 0 bridgehead atoms. The molecule has 34 heavy (non-hydrogen) atoms. The highest BCUT2D eigenvalue weighted by Crippen LogP contribution is 2.37. The van der Waals surface area contributed by atoms with Gasteiger partial charge in [0, 0.05) is 28.2 Å². The van der Waals surface area contributed by atoms with Crippen LogP contribution in [-0.4, -0.2) is 11.8 Å². The topological polar surface area (TPSA) is 110 Å². The highest BCUT2D eigenvalue weighted by Gasteiger charge is 2.35. The summed E-state index contributed by atoms with van der Waals surface area (Å²) in [5.41, 5.74) is 6.74. The SMILES string of the molecule is Nc1ccc(NC(=O)c2cccc(C(=O)Nc3ccc(N)c(C(F)(F)F)c3)c2)c(C(F)(F)F)c1. The molecule has 0 spiro atoms. The lowest BCUT2D eigenvalue weighted by Gasteiger charge is -2.15. The fraction of sp³-hybridized carbons (Fsp3) is 0.0909. The van der Waals surface area contributed by atoms with Crippen molar-refractivity contribution in [2.75, 3.05) is 22.1 Å². The van der Waals surface area contributed by atoms with E-state index in [2.05, 4.69) is 10.6 Å². The van der Waals surface area contributed by atoms with E-state index in [1.807, 2.05) is 0 Å². The highest BCUT2D eigenvalue weighted by molar-refractivity contribution is 6.09. The average Bonchev–Trinajstić information content (AvgIpc) is 2.75. The first kappa shape index (κ1) is 24.4. The number of nitrogen functional groups attached to an aromatic ring is 2. The minimum atomic E-state index is -4.78. The van der Waals surface area contributed by atoms with Crippen LogP contribution in [0.5, 0.6) is 0 Å². The highest BCUT2D eigenvalue weighted by atomic mass is 19.4. The number of halogens is 6. The second-order valence-corrected chi connectivity index (χ2v) is 7.09. The number of nitrogens with one attached hydrogen (secondary N) is 2. The molecule has 0 unspecified atom stereocenters. The summed E-state index contributed by atoms with van der Waals surface area (Å²) in [6.07, 6.45) is -9.52. The maximum atomic E-state index is 13.2. The number of alkyl halides is 6. The van der Waals surface area contributed by atoms with Gasteiger partial charge in [-0.3, -0.25) is 9.59 Å². The van der Waals surface area contributed by atoms with Gasteiger partial charge in [0.15, 0.2) is 0 Å². The van der Waals surface area contributed by atoms with Gasteiger partial charge in [-0.05, 0) is 54.6 Å². The van der Waals surface area contributed by atoms with Crippen LogP contribution in [0.2, 0.25) is 0 Å². The number of carbonyl (C=O) groups excluding carboxylic acids is 2. The van der Waals surface area contributed by atoms with Crippen molar-refractivity contribution in [3.63, 3.8) is 0 Å². The molecule has 0 radical (unpaired) electrons. The van der Waals surface area contributed by atoms with Crippen molar-refractivity contribution in [1.82, 2.24) is 0 Å². The molecule has 6 N–H and O–H groups in total. The molecule has 12 heteroatoms. The van der Waals surface area contributed by atoms with Crippen molar-refractivity contribution in [3.8, 4) is 0 Å². The van der Waals surface area contributed by atoms with Crippen LogP contribution in [0.3, 0.4) is 0 Å². The number of benzene rings is 3. The molecule has 0 aliphatic heterocycles. The molecule has 6 nitrogen and oxygen atoms in total. The molecule has 0 atom stereocenters. The first-order chi connectivity index (χ1) is 15.8. The summed E-state index contributed by atoms with van der Waals surface area (Å²) in [4.78, 5) is 25.0. The summed E-state index contributed by atoms with van der Waals surface area (Å²) in [5, 5.41) is 4.38. The molecule has 0 aliphatic carbocycles. The van der Waals surface area contributed by atoms with Crippen molar-refractivity contribution in [3.05, 3.63) is 82.9 Å². The van der Waals surface area contributed by atoms with E-state index < -0.39 is 46.7 Å². The molecular weight excluding hydrogens is 466 g/mol. The lowest BCUT2D eigenvalue weighted by molar-refractivity contribution is -0.137. The van der Waals surface area contributed by atoms with Gasteiger partial charge in [-0.15, -0.1) is 0 Å². The number of carbonyl (C=O) groups is 2. The van der Waals surface area contributed by atoms with Crippen molar-refractivity contribution in [2.24, 2.45) is 0 Å². The van der Waals surface area contributed by atoms with E-state index in [9.17, 15) is 35.9 Å². The fourth-order valence-corrected chi connectivity index (χ4v) is 2.98. The number of hydrogen-bond acceptors (Lipinski definition) is 4. The Morgan fingerprint density at radius 3 is 1.85 bits per heavy atom. The third-order valence-electron chi connectivity index (χ3n) is 4.60. The van der Waals surface area contributed by atoms with E-state index in [0.717, 1.165) is 18.2 Å². The van der Waals surface area contributed by atoms with E-state index >= 15 is 0 Å². The van der Waals surface area contributed by atoms with Gasteiger partial charge in [-0.25, -0.2) is 0 Å². The van der Waals surface area contributed by atoms with E-state index in [4.69, 9.17) is 11.5 Å². The summed E-state index contributed by atoms with van der Waals surface area (Å²) in [5.74, 6) is -1.80.